The Kier molecular flexibility index (Phi) is 4.39. The van der Waals surface area contributed by atoms with E-state index in [4.69, 9.17) is 11.6 Å². The number of aromatic nitrogens is 1. The summed E-state index contributed by atoms with van der Waals surface area (Å²) in [6.07, 6.45) is 1.65. The molecular weight excluding hydrogens is 284 g/mol. The van der Waals surface area contributed by atoms with Crippen molar-refractivity contribution in [2.75, 3.05) is 19.0 Å². The normalized spacial score (nSPS) is 12.2. The maximum absolute atomic E-state index is 12.6. The third-order valence-corrected chi connectivity index (χ3v) is 5.11. The molecule has 1 heterocycles. The summed E-state index contributed by atoms with van der Waals surface area (Å²) < 4.78 is 26.6. The van der Waals surface area contributed by atoms with Crippen molar-refractivity contribution >= 4 is 32.5 Å². The van der Waals surface area contributed by atoms with Gasteiger partial charge in [-0.15, -0.1) is 11.6 Å². The Bertz CT molecular complexity index is 668. The van der Waals surface area contributed by atoms with Crippen LogP contribution in [0, 0.1) is 0 Å². The number of rotatable bonds is 5. The molecule has 4 nitrogen and oxygen atoms in total. The van der Waals surface area contributed by atoms with Crippen molar-refractivity contribution in [2.24, 2.45) is 0 Å². The summed E-state index contributed by atoms with van der Waals surface area (Å²) in [4.78, 5) is 4.46. The molecule has 0 aliphatic rings. The molecule has 0 aliphatic heterocycles. The minimum absolute atomic E-state index is 0.274. The second-order valence-electron chi connectivity index (χ2n) is 4.01. The second kappa shape index (κ2) is 5.86. The number of hydrogen-bond acceptors (Lipinski definition) is 3. The van der Waals surface area contributed by atoms with Gasteiger partial charge in [-0.05, 0) is 24.3 Å². The van der Waals surface area contributed by atoms with Gasteiger partial charge in [-0.25, -0.2) is 8.42 Å². The van der Waals surface area contributed by atoms with E-state index >= 15 is 0 Å². The lowest BCUT2D eigenvalue weighted by atomic mass is 10.2. The zero-order chi connectivity index (χ0) is 13.9. The van der Waals surface area contributed by atoms with Crippen LogP contribution in [0.15, 0.2) is 41.4 Å². The van der Waals surface area contributed by atoms with Crippen LogP contribution in [-0.2, 0) is 10.0 Å². The smallest absolute Gasteiger partial charge is 0.243 e. The van der Waals surface area contributed by atoms with Crippen molar-refractivity contribution in [2.45, 2.75) is 11.8 Å². The van der Waals surface area contributed by atoms with E-state index in [0.29, 0.717) is 24.0 Å². The zero-order valence-corrected chi connectivity index (χ0v) is 12.2. The highest BCUT2D eigenvalue weighted by Crippen LogP contribution is 2.24. The van der Waals surface area contributed by atoms with Crippen LogP contribution in [0.1, 0.15) is 6.92 Å². The van der Waals surface area contributed by atoms with Gasteiger partial charge in [0.15, 0.2) is 0 Å². The van der Waals surface area contributed by atoms with Crippen LogP contribution in [0.5, 0.6) is 0 Å². The Morgan fingerprint density at radius 3 is 2.74 bits per heavy atom. The van der Waals surface area contributed by atoms with Crippen molar-refractivity contribution in [3.63, 3.8) is 0 Å². The van der Waals surface area contributed by atoms with Crippen LogP contribution in [0.4, 0.5) is 0 Å². The van der Waals surface area contributed by atoms with E-state index in [1.807, 2.05) is 0 Å². The summed E-state index contributed by atoms with van der Waals surface area (Å²) in [6.45, 7) is 2.50. The quantitative estimate of drug-likeness (QED) is 0.797. The largest absolute Gasteiger partial charge is 0.256 e. The van der Waals surface area contributed by atoms with E-state index < -0.39 is 10.0 Å². The molecule has 1 aromatic carbocycles. The predicted octanol–water partition coefficient (Wildman–Crippen LogP) is 2.48. The number of alkyl halides is 1. The lowest BCUT2D eigenvalue weighted by Crippen LogP contribution is -2.32. The Morgan fingerprint density at radius 1 is 1.26 bits per heavy atom. The molecule has 0 amide bonds. The van der Waals surface area contributed by atoms with Crippen molar-refractivity contribution < 1.29 is 8.42 Å². The highest BCUT2D eigenvalue weighted by molar-refractivity contribution is 7.89. The van der Waals surface area contributed by atoms with E-state index in [-0.39, 0.29) is 10.8 Å². The van der Waals surface area contributed by atoms with Gasteiger partial charge in [-0.1, -0.05) is 13.0 Å². The first-order valence-corrected chi connectivity index (χ1v) is 7.98. The molecule has 0 radical (unpaired) electrons. The van der Waals surface area contributed by atoms with Crippen molar-refractivity contribution in [3.8, 4) is 0 Å². The molecule has 0 fully saturated rings. The second-order valence-corrected chi connectivity index (χ2v) is 6.30. The Balaban J connectivity index is 2.60. The average molecular weight is 299 g/mol. The molecule has 0 saturated carbocycles. The maximum atomic E-state index is 12.6. The molecule has 19 heavy (non-hydrogen) atoms. The van der Waals surface area contributed by atoms with Crippen molar-refractivity contribution in [3.05, 3.63) is 36.5 Å². The lowest BCUT2D eigenvalue weighted by molar-refractivity contribution is 0.447. The molecular formula is C13H15ClN2O2S. The van der Waals surface area contributed by atoms with E-state index in [1.165, 1.54) is 4.31 Å². The summed E-state index contributed by atoms with van der Waals surface area (Å²) in [5, 5.41) is 0.637. The standard InChI is InChI=1S/C13H15ClN2O2S/c1-2-16(10-8-14)19(17,18)13-7-3-6-12-11(13)5-4-9-15-12/h3-7,9H,2,8,10H2,1H3. The average Bonchev–Trinajstić information content (AvgIpc) is 2.43. The highest BCUT2D eigenvalue weighted by Gasteiger charge is 2.24. The first kappa shape index (κ1) is 14.2. The van der Waals surface area contributed by atoms with Crippen LogP contribution in [0.3, 0.4) is 0 Å². The summed E-state index contributed by atoms with van der Waals surface area (Å²) in [7, 11) is -3.53. The SMILES string of the molecule is CCN(CCCl)S(=O)(=O)c1cccc2ncccc12. The van der Waals surface area contributed by atoms with Gasteiger partial charge in [0, 0.05) is 30.6 Å². The van der Waals surface area contributed by atoms with Gasteiger partial charge in [-0.2, -0.15) is 4.31 Å². The zero-order valence-electron chi connectivity index (χ0n) is 10.6. The van der Waals surface area contributed by atoms with Gasteiger partial charge in [-0.3, -0.25) is 4.98 Å². The van der Waals surface area contributed by atoms with Gasteiger partial charge < -0.3 is 0 Å². The number of hydrogen-bond donors (Lipinski definition) is 0. The topological polar surface area (TPSA) is 50.3 Å². The van der Waals surface area contributed by atoms with Crippen LogP contribution in [0.25, 0.3) is 10.9 Å². The van der Waals surface area contributed by atoms with Gasteiger partial charge in [0.1, 0.15) is 0 Å². The fraction of sp³-hybridized carbons (Fsp3) is 0.308. The Morgan fingerprint density at radius 2 is 2.05 bits per heavy atom. The Hall–Kier alpha value is -1.17. The molecule has 0 N–H and O–H groups in total. The van der Waals surface area contributed by atoms with E-state index in [1.54, 1.807) is 43.5 Å². The van der Waals surface area contributed by atoms with Crippen LogP contribution in [-0.4, -0.2) is 36.7 Å². The van der Waals surface area contributed by atoms with Gasteiger partial charge in [0.25, 0.3) is 0 Å². The molecule has 102 valence electrons. The van der Waals surface area contributed by atoms with Crippen LogP contribution >= 0.6 is 11.6 Å². The van der Waals surface area contributed by atoms with Gasteiger partial charge in [0.05, 0.1) is 10.4 Å². The van der Waals surface area contributed by atoms with Gasteiger partial charge in [0.2, 0.25) is 10.0 Å². The molecule has 0 bridgehead atoms. The van der Waals surface area contributed by atoms with Crippen molar-refractivity contribution in [1.82, 2.24) is 9.29 Å². The summed E-state index contributed by atoms with van der Waals surface area (Å²) in [5.74, 6) is 0.274. The number of sulfonamides is 1. The lowest BCUT2D eigenvalue weighted by Gasteiger charge is -2.20. The van der Waals surface area contributed by atoms with Gasteiger partial charge >= 0.3 is 0 Å². The summed E-state index contributed by atoms with van der Waals surface area (Å²) in [6, 6.07) is 8.61. The highest BCUT2D eigenvalue weighted by atomic mass is 35.5. The fourth-order valence-electron chi connectivity index (χ4n) is 1.98. The number of nitrogens with zero attached hydrogens (tertiary/aromatic N) is 2. The first-order chi connectivity index (χ1) is 9.11. The van der Waals surface area contributed by atoms with E-state index in [9.17, 15) is 8.42 Å². The van der Waals surface area contributed by atoms with E-state index in [2.05, 4.69) is 4.98 Å². The monoisotopic (exact) mass is 298 g/mol. The van der Waals surface area contributed by atoms with Crippen LogP contribution in [0.2, 0.25) is 0 Å². The minimum Gasteiger partial charge on any atom is -0.256 e. The third kappa shape index (κ3) is 2.73. The predicted molar refractivity (Wildman–Crippen MR) is 76.9 cm³/mol. The molecule has 2 rings (SSSR count). The molecule has 0 spiro atoms. The molecule has 0 unspecified atom stereocenters. The summed E-state index contributed by atoms with van der Waals surface area (Å²) in [5.41, 5.74) is 0.672. The number of fused-ring (bicyclic) bond motifs is 1. The maximum Gasteiger partial charge on any atom is 0.243 e. The molecule has 0 saturated heterocycles. The molecule has 1 aromatic heterocycles. The fourth-order valence-corrected chi connectivity index (χ4v) is 3.94. The van der Waals surface area contributed by atoms with Crippen LogP contribution < -0.4 is 0 Å². The Labute approximate surface area is 118 Å². The molecule has 2 aromatic rings. The molecule has 6 heteroatoms. The number of halogens is 1. The molecule has 0 atom stereocenters. The first-order valence-electron chi connectivity index (χ1n) is 6.01. The minimum atomic E-state index is -3.53. The summed E-state index contributed by atoms with van der Waals surface area (Å²) >= 11 is 5.67. The number of pyridine rings is 1. The van der Waals surface area contributed by atoms with Crippen molar-refractivity contribution in [1.29, 1.82) is 0 Å². The third-order valence-electron chi connectivity index (χ3n) is 2.91. The van der Waals surface area contributed by atoms with E-state index in [0.717, 1.165) is 0 Å². The molecule has 0 aliphatic carbocycles. The number of benzene rings is 1.